The molecule has 0 saturated heterocycles. The Morgan fingerprint density at radius 2 is 1.89 bits per heavy atom. The van der Waals surface area contributed by atoms with Crippen molar-refractivity contribution < 1.29 is 0 Å². The molecule has 3 aromatic heterocycles. The van der Waals surface area contributed by atoms with Crippen molar-refractivity contribution >= 4 is 22.2 Å². The molecule has 0 spiro atoms. The van der Waals surface area contributed by atoms with Gasteiger partial charge in [-0.2, -0.15) is 0 Å². The smallest absolute Gasteiger partial charge is 0.223 e. The van der Waals surface area contributed by atoms with Crippen LogP contribution in [0.1, 0.15) is 32.1 Å². The van der Waals surface area contributed by atoms with Gasteiger partial charge in [0.15, 0.2) is 4.96 Å². The summed E-state index contributed by atoms with van der Waals surface area (Å²) in [5.41, 5.74) is 3.98. The SMILES string of the molecule is c1ccc(-c2nc3sccn3c2-c2ccnc(NCC3CCCCC3)n2)cc1. The maximum atomic E-state index is 4.87. The summed E-state index contributed by atoms with van der Waals surface area (Å²) >= 11 is 1.64. The highest BCUT2D eigenvalue weighted by Crippen LogP contribution is 2.33. The first-order chi connectivity index (χ1) is 13.9. The number of thiazole rings is 1. The molecule has 3 heterocycles. The highest BCUT2D eigenvalue weighted by atomic mass is 32.1. The van der Waals surface area contributed by atoms with Crippen molar-refractivity contribution in [3.63, 3.8) is 0 Å². The Balaban J connectivity index is 1.49. The molecule has 0 bridgehead atoms. The predicted molar refractivity (Wildman–Crippen MR) is 115 cm³/mol. The fourth-order valence-electron chi connectivity index (χ4n) is 4.03. The third kappa shape index (κ3) is 3.40. The summed E-state index contributed by atoms with van der Waals surface area (Å²) in [6.45, 7) is 0.954. The number of hydrogen-bond donors (Lipinski definition) is 1. The van der Waals surface area contributed by atoms with Crippen LogP contribution in [0.25, 0.3) is 27.6 Å². The molecule has 0 amide bonds. The zero-order chi connectivity index (χ0) is 18.8. The molecule has 1 N–H and O–H groups in total. The van der Waals surface area contributed by atoms with E-state index in [0.29, 0.717) is 5.95 Å². The lowest BCUT2D eigenvalue weighted by Gasteiger charge is -2.21. The van der Waals surface area contributed by atoms with Gasteiger partial charge in [-0.15, -0.1) is 11.3 Å². The molecule has 6 heteroatoms. The fourth-order valence-corrected chi connectivity index (χ4v) is 4.74. The molecular formula is C22H23N5S. The summed E-state index contributed by atoms with van der Waals surface area (Å²) in [6, 6.07) is 12.3. The molecule has 0 atom stereocenters. The Hall–Kier alpha value is -2.73. The second kappa shape index (κ2) is 7.72. The van der Waals surface area contributed by atoms with Crippen molar-refractivity contribution in [3.05, 3.63) is 54.2 Å². The molecule has 1 aliphatic carbocycles. The molecule has 142 valence electrons. The van der Waals surface area contributed by atoms with Gasteiger partial charge in [0.1, 0.15) is 5.69 Å². The van der Waals surface area contributed by atoms with Crippen LogP contribution in [0.15, 0.2) is 54.2 Å². The molecule has 4 aromatic rings. The Kier molecular flexibility index (Phi) is 4.79. The van der Waals surface area contributed by atoms with Gasteiger partial charge in [0, 0.05) is 29.9 Å². The highest BCUT2D eigenvalue weighted by molar-refractivity contribution is 7.15. The molecule has 0 radical (unpaired) electrons. The average molecular weight is 390 g/mol. The van der Waals surface area contributed by atoms with E-state index < -0.39 is 0 Å². The fraction of sp³-hybridized carbons (Fsp3) is 0.318. The maximum Gasteiger partial charge on any atom is 0.223 e. The van der Waals surface area contributed by atoms with E-state index in [2.05, 4.69) is 38.4 Å². The minimum Gasteiger partial charge on any atom is -0.354 e. The zero-order valence-corrected chi connectivity index (χ0v) is 16.5. The number of anilines is 1. The second-order valence-corrected chi connectivity index (χ2v) is 8.25. The Morgan fingerprint density at radius 1 is 1.04 bits per heavy atom. The van der Waals surface area contributed by atoms with Crippen LogP contribution in [-0.4, -0.2) is 25.9 Å². The van der Waals surface area contributed by atoms with Gasteiger partial charge >= 0.3 is 0 Å². The molecule has 0 unspecified atom stereocenters. The van der Waals surface area contributed by atoms with Crippen LogP contribution in [-0.2, 0) is 0 Å². The molecule has 28 heavy (non-hydrogen) atoms. The topological polar surface area (TPSA) is 55.1 Å². The molecular weight excluding hydrogens is 366 g/mol. The van der Waals surface area contributed by atoms with Crippen LogP contribution in [0.2, 0.25) is 0 Å². The average Bonchev–Trinajstić information content (AvgIpc) is 3.35. The molecule has 5 rings (SSSR count). The third-order valence-corrected chi connectivity index (χ3v) is 6.24. The van der Waals surface area contributed by atoms with E-state index in [1.807, 2.05) is 30.5 Å². The van der Waals surface area contributed by atoms with Crippen LogP contribution < -0.4 is 5.32 Å². The van der Waals surface area contributed by atoms with Crippen LogP contribution in [0.3, 0.4) is 0 Å². The van der Waals surface area contributed by atoms with E-state index in [0.717, 1.165) is 40.1 Å². The minimum atomic E-state index is 0.701. The Labute approximate surface area is 168 Å². The van der Waals surface area contributed by atoms with Crippen LogP contribution in [0.5, 0.6) is 0 Å². The Bertz CT molecular complexity index is 1060. The molecule has 1 saturated carbocycles. The standard InChI is InChI=1S/C22H23N5S/c1-3-7-16(8-4-1)15-24-21-23-12-11-18(25-21)20-19(17-9-5-2-6-10-17)26-22-27(20)13-14-28-22/h2,5-6,9-14,16H,1,3-4,7-8,15H2,(H,23,24,25). The van der Waals surface area contributed by atoms with Gasteiger partial charge in [-0.3, -0.25) is 4.40 Å². The summed E-state index contributed by atoms with van der Waals surface area (Å²) in [5, 5.41) is 5.53. The van der Waals surface area contributed by atoms with Crippen molar-refractivity contribution in [2.45, 2.75) is 32.1 Å². The first-order valence-electron chi connectivity index (χ1n) is 9.97. The normalized spacial score (nSPS) is 15.1. The van der Waals surface area contributed by atoms with E-state index >= 15 is 0 Å². The first kappa shape index (κ1) is 17.4. The number of imidazole rings is 1. The van der Waals surface area contributed by atoms with Crippen LogP contribution >= 0.6 is 11.3 Å². The number of benzene rings is 1. The number of hydrogen-bond acceptors (Lipinski definition) is 5. The Morgan fingerprint density at radius 3 is 2.75 bits per heavy atom. The molecule has 5 nitrogen and oxygen atoms in total. The van der Waals surface area contributed by atoms with Crippen LogP contribution in [0, 0.1) is 5.92 Å². The molecule has 0 aliphatic heterocycles. The summed E-state index contributed by atoms with van der Waals surface area (Å²) in [5.74, 6) is 1.44. The van der Waals surface area contributed by atoms with Crippen molar-refractivity contribution in [1.29, 1.82) is 0 Å². The van der Waals surface area contributed by atoms with Gasteiger partial charge in [0.2, 0.25) is 5.95 Å². The summed E-state index contributed by atoms with van der Waals surface area (Å²) in [7, 11) is 0. The quantitative estimate of drug-likeness (QED) is 0.489. The number of aromatic nitrogens is 4. The van der Waals surface area contributed by atoms with Gasteiger partial charge in [-0.05, 0) is 24.8 Å². The van der Waals surface area contributed by atoms with Gasteiger partial charge in [-0.25, -0.2) is 15.0 Å². The van der Waals surface area contributed by atoms with Crippen molar-refractivity contribution in [2.75, 3.05) is 11.9 Å². The number of nitrogens with one attached hydrogen (secondary N) is 1. The summed E-state index contributed by atoms with van der Waals surface area (Å²) in [6.07, 6.45) is 10.6. The van der Waals surface area contributed by atoms with Crippen molar-refractivity contribution in [2.24, 2.45) is 5.92 Å². The maximum absolute atomic E-state index is 4.87. The summed E-state index contributed by atoms with van der Waals surface area (Å²) in [4.78, 5) is 15.1. The largest absolute Gasteiger partial charge is 0.354 e. The first-order valence-corrected chi connectivity index (χ1v) is 10.8. The lowest BCUT2D eigenvalue weighted by molar-refractivity contribution is 0.373. The highest BCUT2D eigenvalue weighted by Gasteiger charge is 2.19. The van der Waals surface area contributed by atoms with E-state index in [1.54, 1.807) is 11.3 Å². The van der Waals surface area contributed by atoms with Gasteiger partial charge in [0.05, 0.1) is 11.4 Å². The van der Waals surface area contributed by atoms with Crippen molar-refractivity contribution in [1.82, 2.24) is 19.4 Å². The zero-order valence-electron chi connectivity index (χ0n) is 15.7. The monoisotopic (exact) mass is 389 g/mol. The molecule has 1 aliphatic rings. The number of fused-ring (bicyclic) bond motifs is 1. The van der Waals surface area contributed by atoms with Gasteiger partial charge < -0.3 is 5.32 Å². The van der Waals surface area contributed by atoms with Gasteiger partial charge in [-0.1, -0.05) is 49.6 Å². The lowest BCUT2D eigenvalue weighted by Crippen LogP contribution is -2.18. The lowest BCUT2D eigenvalue weighted by atomic mass is 9.89. The van der Waals surface area contributed by atoms with Gasteiger partial charge in [0.25, 0.3) is 0 Å². The number of rotatable bonds is 5. The van der Waals surface area contributed by atoms with Crippen molar-refractivity contribution in [3.8, 4) is 22.6 Å². The predicted octanol–water partition coefficient (Wildman–Crippen LogP) is 5.51. The van der Waals surface area contributed by atoms with E-state index in [9.17, 15) is 0 Å². The second-order valence-electron chi connectivity index (χ2n) is 7.38. The summed E-state index contributed by atoms with van der Waals surface area (Å²) < 4.78 is 2.13. The molecule has 1 aromatic carbocycles. The third-order valence-electron chi connectivity index (χ3n) is 5.48. The van der Waals surface area contributed by atoms with Crippen LogP contribution in [0.4, 0.5) is 5.95 Å². The minimum absolute atomic E-state index is 0.701. The van der Waals surface area contributed by atoms with E-state index in [1.165, 1.54) is 32.1 Å². The molecule has 1 fully saturated rings. The van der Waals surface area contributed by atoms with E-state index in [-0.39, 0.29) is 0 Å². The van der Waals surface area contributed by atoms with E-state index in [4.69, 9.17) is 9.97 Å². The number of nitrogens with zero attached hydrogens (tertiary/aromatic N) is 4.